The highest BCUT2D eigenvalue weighted by atomic mass is 32.2. The van der Waals surface area contributed by atoms with Gasteiger partial charge in [0.15, 0.2) is 16.3 Å². The van der Waals surface area contributed by atoms with E-state index in [0.717, 1.165) is 4.70 Å². The Labute approximate surface area is 225 Å². The van der Waals surface area contributed by atoms with E-state index >= 15 is 0 Å². The predicted octanol–water partition coefficient (Wildman–Crippen LogP) is 3.59. The van der Waals surface area contributed by atoms with E-state index in [0.29, 0.717) is 61.0 Å². The normalized spacial score (nSPS) is 13.7. The maximum atomic E-state index is 13.1. The Balaban J connectivity index is 1.70. The van der Waals surface area contributed by atoms with Crippen LogP contribution in [0.2, 0.25) is 0 Å². The molecule has 1 aliphatic heterocycles. The van der Waals surface area contributed by atoms with E-state index in [1.807, 2.05) is 13.8 Å². The second-order valence-electron chi connectivity index (χ2n) is 8.58. The lowest BCUT2D eigenvalue weighted by atomic mass is 10.2. The summed E-state index contributed by atoms with van der Waals surface area (Å²) in [6.45, 7) is 7.37. The molecule has 3 aromatic rings. The molecule has 0 spiro atoms. The van der Waals surface area contributed by atoms with Gasteiger partial charge in [-0.1, -0.05) is 25.2 Å². The molecule has 0 aliphatic carbocycles. The van der Waals surface area contributed by atoms with E-state index in [1.54, 1.807) is 23.6 Å². The number of nitrogens with zero attached hydrogens (tertiary/aromatic N) is 3. The van der Waals surface area contributed by atoms with Crippen LogP contribution in [-0.4, -0.2) is 62.1 Å². The number of ether oxygens (including phenoxy) is 3. The van der Waals surface area contributed by atoms with Crippen LogP contribution in [0.1, 0.15) is 44.0 Å². The smallest absolute Gasteiger partial charge is 0.326 e. The fourth-order valence-corrected chi connectivity index (χ4v) is 6.76. The lowest BCUT2D eigenvalue weighted by Crippen LogP contribution is -2.32. The standard InChI is InChI=1S/C26H31N3O7S2/c1-4-11-28(12-5-2)38(32,33)19-9-7-18(8-10-19)25(31)27-26-29(17-24(30)34-6-3)20-15-21-22(16-23(20)37-26)36-14-13-35-21/h7-10,15-16H,4-6,11-14,17H2,1-3H3. The zero-order valence-electron chi connectivity index (χ0n) is 21.6. The third-order valence-electron chi connectivity index (χ3n) is 5.82. The van der Waals surface area contributed by atoms with Gasteiger partial charge in [0.25, 0.3) is 5.91 Å². The first kappa shape index (κ1) is 27.8. The van der Waals surface area contributed by atoms with Crippen LogP contribution in [-0.2, 0) is 26.1 Å². The van der Waals surface area contributed by atoms with Crippen LogP contribution in [0.15, 0.2) is 46.3 Å². The van der Waals surface area contributed by atoms with Crippen LogP contribution in [0.5, 0.6) is 11.5 Å². The van der Waals surface area contributed by atoms with Gasteiger partial charge in [0.1, 0.15) is 19.8 Å². The van der Waals surface area contributed by atoms with Crippen molar-refractivity contribution < 1.29 is 32.2 Å². The highest BCUT2D eigenvalue weighted by Gasteiger charge is 2.23. The molecule has 0 saturated carbocycles. The summed E-state index contributed by atoms with van der Waals surface area (Å²) in [6.07, 6.45) is 1.41. The van der Waals surface area contributed by atoms with Gasteiger partial charge in [-0.15, -0.1) is 0 Å². The zero-order chi connectivity index (χ0) is 27.3. The van der Waals surface area contributed by atoms with Gasteiger partial charge in [-0.25, -0.2) is 8.42 Å². The summed E-state index contributed by atoms with van der Waals surface area (Å²) in [4.78, 5) is 30.2. The van der Waals surface area contributed by atoms with Gasteiger partial charge in [-0.05, 0) is 44.0 Å². The number of aromatic nitrogens is 1. The Hall–Kier alpha value is -3.22. The van der Waals surface area contributed by atoms with Crippen molar-refractivity contribution in [1.82, 2.24) is 8.87 Å². The van der Waals surface area contributed by atoms with Crippen LogP contribution in [0.4, 0.5) is 0 Å². The maximum Gasteiger partial charge on any atom is 0.326 e. The molecular formula is C26H31N3O7S2. The topological polar surface area (TPSA) is 117 Å². The molecule has 0 fully saturated rings. The number of carbonyl (C=O) groups excluding carboxylic acids is 2. The minimum absolute atomic E-state index is 0.126. The molecule has 0 N–H and O–H groups in total. The fraction of sp³-hybridized carbons (Fsp3) is 0.423. The number of amides is 1. The summed E-state index contributed by atoms with van der Waals surface area (Å²) in [6, 6.07) is 9.34. The van der Waals surface area contributed by atoms with Crippen molar-refractivity contribution >= 4 is 43.5 Å². The van der Waals surface area contributed by atoms with E-state index < -0.39 is 21.9 Å². The van der Waals surface area contributed by atoms with E-state index in [1.165, 1.54) is 39.9 Å². The van der Waals surface area contributed by atoms with E-state index in [-0.39, 0.29) is 23.6 Å². The molecule has 2 aromatic carbocycles. The lowest BCUT2D eigenvalue weighted by molar-refractivity contribution is -0.143. The van der Waals surface area contributed by atoms with Crippen molar-refractivity contribution in [1.29, 1.82) is 0 Å². The van der Waals surface area contributed by atoms with Gasteiger partial charge >= 0.3 is 5.97 Å². The molecule has 0 atom stereocenters. The summed E-state index contributed by atoms with van der Waals surface area (Å²) < 4.78 is 46.4. The summed E-state index contributed by atoms with van der Waals surface area (Å²) in [5.74, 6) is 0.112. The van der Waals surface area contributed by atoms with Crippen LogP contribution < -0.4 is 14.3 Å². The number of esters is 1. The first-order chi connectivity index (χ1) is 18.3. The van der Waals surface area contributed by atoms with E-state index in [2.05, 4.69) is 4.99 Å². The van der Waals surface area contributed by atoms with Crippen molar-refractivity contribution in [2.45, 2.75) is 45.1 Å². The van der Waals surface area contributed by atoms with Crippen LogP contribution in [0, 0.1) is 0 Å². The molecule has 0 saturated heterocycles. The second kappa shape index (κ2) is 12.1. The number of benzene rings is 2. The predicted molar refractivity (Wildman–Crippen MR) is 143 cm³/mol. The third kappa shape index (κ3) is 5.92. The fourth-order valence-electron chi connectivity index (χ4n) is 4.10. The molecule has 1 aliphatic rings. The summed E-state index contributed by atoms with van der Waals surface area (Å²) >= 11 is 1.23. The molecule has 10 nitrogen and oxygen atoms in total. The van der Waals surface area contributed by atoms with Crippen molar-refractivity contribution in [3.05, 3.63) is 46.8 Å². The molecule has 0 unspecified atom stereocenters. The molecule has 0 radical (unpaired) electrons. The minimum atomic E-state index is -3.66. The maximum absolute atomic E-state index is 13.1. The molecule has 12 heteroatoms. The number of thiazole rings is 1. The Morgan fingerprint density at radius 2 is 1.66 bits per heavy atom. The number of fused-ring (bicyclic) bond motifs is 2. The zero-order valence-corrected chi connectivity index (χ0v) is 23.3. The Morgan fingerprint density at radius 3 is 2.26 bits per heavy atom. The quantitative estimate of drug-likeness (QED) is 0.347. The molecule has 204 valence electrons. The molecule has 38 heavy (non-hydrogen) atoms. The van der Waals surface area contributed by atoms with Crippen molar-refractivity contribution in [3.8, 4) is 11.5 Å². The van der Waals surface area contributed by atoms with Crippen LogP contribution >= 0.6 is 11.3 Å². The Kier molecular flexibility index (Phi) is 8.85. The Bertz CT molecular complexity index is 1490. The first-order valence-electron chi connectivity index (χ1n) is 12.6. The summed E-state index contributed by atoms with van der Waals surface area (Å²) in [5, 5.41) is 0. The minimum Gasteiger partial charge on any atom is -0.486 e. The van der Waals surface area contributed by atoms with E-state index in [9.17, 15) is 18.0 Å². The highest BCUT2D eigenvalue weighted by Crippen LogP contribution is 2.35. The van der Waals surface area contributed by atoms with Crippen molar-refractivity contribution in [2.75, 3.05) is 32.9 Å². The van der Waals surface area contributed by atoms with Crippen LogP contribution in [0.25, 0.3) is 10.2 Å². The average molecular weight is 562 g/mol. The molecular weight excluding hydrogens is 530 g/mol. The highest BCUT2D eigenvalue weighted by molar-refractivity contribution is 7.89. The largest absolute Gasteiger partial charge is 0.486 e. The number of rotatable bonds is 10. The van der Waals surface area contributed by atoms with Gasteiger partial charge in [0.2, 0.25) is 10.0 Å². The Morgan fingerprint density at radius 1 is 1.03 bits per heavy atom. The van der Waals surface area contributed by atoms with Crippen molar-refractivity contribution in [2.24, 2.45) is 4.99 Å². The first-order valence-corrected chi connectivity index (χ1v) is 14.8. The molecule has 0 bridgehead atoms. The summed E-state index contributed by atoms with van der Waals surface area (Å²) in [5.41, 5.74) is 0.889. The summed E-state index contributed by atoms with van der Waals surface area (Å²) in [7, 11) is -3.66. The molecule has 2 heterocycles. The van der Waals surface area contributed by atoms with Gasteiger partial charge in [-0.3, -0.25) is 9.59 Å². The number of hydrogen-bond acceptors (Lipinski definition) is 8. The third-order valence-corrected chi connectivity index (χ3v) is 8.78. The molecule has 4 rings (SSSR count). The number of hydrogen-bond donors (Lipinski definition) is 0. The second-order valence-corrected chi connectivity index (χ2v) is 11.5. The molecule has 1 aromatic heterocycles. The lowest BCUT2D eigenvalue weighted by Gasteiger charge is -2.21. The monoisotopic (exact) mass is 561 g/mol. The molecule has 1 amide bonds. The van der Waals surface area contributed by atoms with Gasteiger partial charge in [-0.2, -0.15) is 9.30 Å². The van der Waals surface area contributed by atoms with Gasteiger partial charge in [0.05, 0.1) is 21.7 Å². The van der Waals surface area contributed by atoms with Gasteiger partial charge < -0.3 is 18.8 Å². The average Bonchev–Trinajstić information content (AvgIpc) is 3.22. The number of sulfonamides is 1. The SMILES string of the molecule is CCCN(CCC)S(=O)(=O)c1ccc(C(=O)N=c2sc3cc4c(cc3n2CC(=O)OCC)OCCO4)cc1. The van der Waals surface area contributed by atoms with Crippen LogP contribution in [0.3, 0.4) is 0 Å². The van der Waals surface area contributed by atoms with Gasteiger partial charge in [0, 0.05) is 30.8 Å². The van der Waals surface area contributed by atoms with Crippen molar-refractivity contribution in [3.63, 3.8) is 0 Å². The van der Waals surface area contributed by atoms with E-state index in [4.69, 9.17) is 14.2 Å². The number of carbonyl (C=O) groups is 2.